The maximum atomic E-state index is 12.5. The predicted octanol–water partition coefficient (Wildman–Crippen LogP) is 2.91. The smallest absolute Gasteiger partial charge is 0.407 e. The number of alkyl carbamates (subject to hydrolysis) is 1. The number of rotatable bonds is 8. The van der Waals surface area contributed by atoms with Gasteiger partial charge >= 0.3 is 12.1 Å². The summed E-state index contributed by atoms with van der Waals surface area (Å²) < 4.78 is 10.4. The number of carbonyl (C=O) groups is 3. The molecule has 0 aliphatic heterocycles. The summed E-state index contributed by atoms with van der Waals surface area (Å²) in [5.74, 6) is -1.85. The van der Waals surface area contributed by atoms with E-state index in [1.807, 2.05) is 24.3 Å². The molecular weight excluding hydrogens is 424 g/mol. The largest absolute Gasteiger partial charge is 0.480 e. The van der Waals surface area contributed by atoms with Gasteiger partial charge in [0, 0.05) is 25.0 Å². The van der Waals surface area contributed by atoms with Crippen molar-refractivity contribution in [1.82, 2.24) is 10.6 Å². The highest BCUT2D eigenvalue weighted by molar-refractivity contribution is 5.85. The molecule has 3 atom stereocenters. The van der Waals surface area contributed by atoms with Crippen LogP contribution in [0.1, 0.15) is 36.3 Å². The summed E-state index contributed by atoms with van der Waals surface area (Å²) in [5, 5.41) is 14.5. The molecule has 2 aromatic rings. The van der Waals surface area contributed by atoms with Crippen LogP contribution in [0.15, 0.2) is 48.5 Å². The van der Waals surface area contributed by atoms with E-state index in [9.17, 15) is 19.5 Å². The third-order valence-electron chi connectivity index (χ3n) is 6.42. The number of fused-ring (bicyclic) bond motifs is 3. The number of ether oxygens (including phenoxy) is 2. The van der Waals surface area contributed by atoms with Gasteiger partial charge in [-0.25, -0.2) is 9.59 Å². The molecule has 0 spiro atoms. The average Bonchev–Trinajstić information content (AvgIpc) is 3.40. The van der Waals surface area contributed by atoms with Gasteiger partial charge in [0.05, 0.1) is 6.61 Å². The Morgan fingerprint density at radius 3 is 2.27 bits per heavy atom. The topological polar surface area (TPSA) is 114 Å². The number of hydrogen-bond donors (Lipinski definition) is 3. The molecule has 3 N–H and O–H groups in total. The standard InChI is InChI=1S/C25H28N2O6/c1-32-14-22(24(29)30)27-23(28)15-10-11-16(12-15)26-25(31)33-13-21-19-8-4-2-6-17(19)18-7-3-5-9-20(18)21/h2-9,15-16,21-22H,10-14H2,1H3,(H,26,31)(H,27,28)(H,29,30)/t15?,16?,22-/m0/s1. The van der Waals surface area contributed by atoms with E-state index in [0.717, 1.165) is 11.1 Å². The molecule has 2 unspecified atom stereocenters. The summed E-state index contributed by atoms with van der Waals surface area (Å²) in [5.41, 5.74) is 4.63. The highest BCUT2D eigenvalue weighted by atomic mass is 16.5. The van der Waals surface area contributed by atoms with E-state index in [-0.39, 0.29) is 37.0 Å². The van der Waals surface area contributed by atoms with E-state index >= 15 is 0 Å². The first-order valence-electron chi connectivity index (χ1n) is 11.1. The van der Waals surface area contributed by atoms with Crippen molar-refractivity contribution < 1.29 is 29.0 Å². The lowest BCUT2D eigenvalue weighted by Crippen LogP contribution is -2.46. The summed E-state index contributed by atoms with van der Waals surface area (Å²) in [4.78, 5) is 36.1. The van der Waals surface area contributed by atoms with Gasteiger partial charge in [-0.3, -0.25) is 4.79 Å². The van der Waals surface area contributed by atoms with Crippen molar-refractivity contribution in [1.29, 1.82) is 0 Å². The first kappa shape index (κ1) is 22.8. The second kappa shape index (κ2) is 10.0. The molecular formula is C25H28N2O6. The van der Waals surface area contributed by atoms with E-state index in [1.54, 1.807) is 0 Å². The summed E-state index contributed by atoms with van der Waals surface area (Å²) in [6.45, 7) is 0.128. The second-order valence-corrected chi connectivity index (χ2v) is 8.53. The average molecular weight is 453 g/mol. The first-order valence-corrected chi connectivity index (χ1v) is 11.1. The molecule has 1 saturated carbocycles. The van der Waals surface area contributed by atoms with Crippen LogP contribution in [0.2, 0.25) is 0 Å². The van der Waals surface area contributed by atoms with Crippen LogP contribution in [0.25, 0.3) is 11.1 Å². The van der Waals surface area contributed by atoms with Crippen LogP contribution in [0.5, 0.6) is 0 Å². The molecule has 8 heteroatoms. The van der Waals surface area contributed by atoms with Gasteiger partial charge in [0.15, 0.2) is 6.04 Å². The zero-order valence-corrected chi connectivity index (χ0v) is 18.5. The Morgan fingerprint density at radius 1 is 1.03 bits per heavy atom. The van der Waals surface area contributed by atoms with Gasteiger partial charge in [0.2, 0.25) is 5.91 Å². The zero-order valence-electron chi connectivity index (χ0n) is 18.5. The fraction of sp³-hybridized carbons (Fsp3) is 0.400. The predicted molar refractivity (Wildman–Crippen MR) is 121 cm³/mol. The summed E-state index contributed by atoms with van der Waals surface area (Å²) in [6, 6.07) is 15.0. The molecule has 8 nitrogen and oxygen atoms in total. The number of nitrogens with one attached hydrogen (secondary N) is 2. The first-order chi connectivity index (χ1) is 16.0. The Bertz CT molecular complexity index is 994. The Hall–Kier alpha value is -3.39. The van der Waals surface area contributed by atoms with E-state index in [4.69, 9.17) is 9.47 Å². The molecule has 2 aliphatic carbocycles. The van der Waals surface area contributed by atoms with E-state index in [1.165, 1.54) is 18.2 Å². The minimum atomic E-state index is -1.14. The number of aliphatic carboxylic acids is 1. The van der Waals surface area contributed by atoms with Gasteiger partial charge in [-0.1, -0.05) is 48.5 Å². The van der Waals surface area contributed by atoms with E-state index in [2.05, 4.69) is 34.9 Å². The van der Waals surface area contributed by atoms with Crippen LogP contribution in [0.3, 0.4) is 0 Å². The molecule has 0 bridgehead atoms. The Morgan fingerprint density at radius 2 is 1.67 bits per heavy atom. The molecule has 0 radical (unpaired) electrons. The normalized spacial score (nSPS) is 19.9. The van der Waals surface area contributed by atoms with Gasteiger partial charge in [0.25, 0.3) is 0 Å². The quantitative estimate of drug-likeness (QED) is 0.568. The van der Waals surface area contributed by atoms with Crippen LogP contribution in [-0.2, 0) is 19.1 Å². The highest BCUT2D eigenvalue weighted by Crippen LogP contribution is 2.44. The van der Waals surface area contributed by atoms with Crippen LogP contribution in [0.4, 0.5) is 4.79 Å². The molecule has 33 heavy (non-hydrogen) atoms. The SMILES string of the molecule is COC[C@H](NC(=O)C1CCC(NC(=O)OCC2c3ccccc3-c3ccccc32)C1)C(=O)O. The van der Waals surface area contributed by atoms with Gasteiger partial charge in [0.1, 0.15) is 6.61 Å². The number of carbonyl (C=O) groups excluding carboxylic acids is 2. The van der Waals surface area contributed by atoms with Crippen molar-refractivity contribution in [3.8, 4) is 11.1 Å². The summed E-state index contributed by atoms with van der Waals surface area (Å²) in [7, 11) is 1.38. The lowest BCUT2D eigenvalue weighted by molar-refractivity contribution is -0.144. The maximum Gasteiger partial charge on any atom is 0.407 e. The second-order valence-electron chi connectivity index (χ2n) is 8.53. The monoisotopic (exact) mass is 452 g/mol. The van der Waals surface area contributed by atoms with Crippen LogP contribution in [0, 0.1) is 5.92 Å². The highest BCUT2D eigenvalue weighted by Gasteiger charge is 2.34. The van der Waals surface area contributed by atoms with Crippen molar-refractivity contribution in [3.05, 3.63) is 59.7 Å². The van der Waals surface area contributed by atoms with E-state index < -0.39 is 18.1 Å². The number of carboxylic acids is 1. The Labute approximate surface area is 192 Å². The fourth-order valence-electron chi connectivity index (χ4n) is 4.79. The van der Waals surface area contributed by atoms with Crippen LogP contribution >= 0.6 is 0 Å². The maximum absolute atomic E-state index is 12.5. The molecule has 4 rings (SSSR count). The number of amides is 2. The zero-order chi connectivity index (χ0) is 23.4. The molecule has 174 valence electrons. The van der Waals surface area contributed by atoms with Gasteiger partial charge < -0.3 is 25.2 Å². The van der Waals surface area contributed by atoms with Gasteiger partial charge in [-0.15, -0.1) is 0 Å². The lowest BCUT2D eigenvalue weighted by atomic mass is 9.98. The molecule has 0 heterocycles. The Balaban J connectivity index is 1.29. The lowest BCUT2D eigenvalue weighted by Gasteiger charge is -2.18. The van der Waals surface area contributed by atoms with Crippen molar-refractivity contribution >= 4 is 18.0 Å². The fourth-order valence-corrected chi connectivity index (χ4v) is 4.79. The summed E-state index contributed by atoms with van der Waals surface area (Å²) >= 11 is 0. The Kier molecular flexibility index (Phi) is 6.93. The number of benzene rings is 2. The minimum Gasteiger partial charge on any atom is -0.480 e. The molecule has 2 aliphatic rings. The molecule has 0 saturated heterocycles. The number of methoxy groups -OCH3 is 1. The third kappa shape index (κ3) is 5.01. The number of carboxylic acid groups (broad SMARTS) is 1. The molecule has 2 amide bonds. The van der Waals surface area contributed by atoms with Gasteiger partial charge in [-0.05, 0) is 41.5 Å². The van der Waals surface area contributed by atoms with Crippen molar-refractivity contribution in [2.24, 2.45) is 5.92 Å². The number of hydrogen-bond acceptors (Lipinski definition) is 5. The molecule has 2 aromatic carbocycles. The van der Waals surface area contributed by atoms with Crippen LogP contribution < -0.4 is 10.6 Å². The molecule has 1 fully saturated rings. The van der Waals surface area contributed by atoms with Gasteiger partial charge in [-0.2, -0.15) is 0 Å². The van der Waals surface area contributed by atoms with Crippen LogP contribution in [-0.4, -0.2) is 55.5 Å². The van der Waals surface area contributed by atoms with E-state index in [0.29, 0.717) is 19.3 Å². The third-order valence-corrected chi connectivity index (χ3v) is 6.42. The van der Waals surface area contributed by atoms with Crippen molar-refractivity contribution in [2.75, 3.05) is 20.3 Å². The minimum absolute atomic E-state index is 0.0148. The van der Waals surface area contributed by atoms with Crippen molar-refractivity contribution in [2.45, 2.75) is 37.3 Å². The summed E-state index contributed by atoms with van der Waals surface area (Å²) in [6.07, 6.45) is 1.13. The van der Waals surface area contributed by atoms with Crippen molar-refractivity contribution in [3.63, 3.8) is 0 Å². The molecule has 0 aromatic heterocycles.